The lowest BCUT2D eigenvalue weighted by molar-refractivity contribution is 0.449. The van der Waals surface area contributed by atoms with Crippen LogP contribution < -0.4 is 10.2 Å². The third-order valence-corrected chi connectivity index (χ3v) is 3.99. The van der Waals surface area contributed by atoms with Gasteiger partial charge in [0.2, 0.25) is 5.95 Å². The van der Waals surface area contributed by atoms with E-state index in [1.54, 1.807) is 0 Å². The molecule has 1 aliphatic rings. The second-order valence-corrected chi connectivity index (χ2v) is 5.52. The highest BCUT2D eigenvalue weighted by Gasteiger charge is 2.22. The van der Waals surface area contributed by atoms with Crippen molar-refractivity contribution < 1.29 is 13.2 Å². The summed E-state index contributed by atoms with van der Waals surface area (Å²) in [6.07, 6.45) is 2.37. The maximum Gasteiger partial charge on any atom is 0.249 e. The zero-order valence-corrected chi connectivity index (χ0v) is 12.9. The van der Waals surface area contributed by atoms with Gasteiger partial charge in [-0.05, 0) is 30.2 Å². The van der Waals surface area contributed by atoms with E-state index < -0.39 is 17.5 Å². The molecule has 4 rings (SSSR count). The summed E-state index contributed by atoms with van der Waals surface area (Å²) in [7, 11) is 0. The molecule has 0 atom stereocenters. The van der Waals surface area contributed by atoms with Gasteiger partial charge in [0.1, 0.15) is 0 Å². The Labute approximate surface area is 141 Å². The van der Waals surface area contributed by atoms with E-state index in [4.69, 9.17) is 0 Å². The molecule has 0 saturated heterocycles. The Morgan fingerprint density at radius 2 is 1.84 bits per heavy atom. The van der Waals surface area contributed by atoms with Crippen LogP contribution in [0.5, 0.6) is 0 Å². The van der Waals surface area contributed by atoms with Crippen LogP contribution in [0, 0.1) is 17.5 Å². The molecule has 1 N–H and O–H groups in total. The van der Waals surface area contributed by atoms with Crippen molar-refractivity contribution in [1.82, 2.24) is 15.2 Å². The molecule has 2 aromatic carbocycles. The van der Waals surface area contributed by atoms with Crippen molar-refractivity contribution in [1.29, 1.82) is 0 Å². The van der Waals surface area contributed by atoms with E-state index in [0.717, 1.165) is 30.8 Å². The summed E-state index contributed by atoms with van der Waals surface area (Å²) in [5.41, 5.74) is 1.95. The molecule has 2 heterocycles. The quantitative estimate of drug-likeness (QED) is 0.735. The predicted octanol–water partition coefficient (Wildman–Crippen LogP) is 3.73. The lowest BCUT2D eigenvalue weighted by atomic mass is 10.2. The van der Waals surface area contributed by atoms with Gasteiger partial charge < -0.3 is 10.2 Å². The summed E-state index contributed by atoms with van der Waals surface area (Å²) < 4.78 is 40.1. The van der Waals surface area contributed by atoms with Crippen molar-refractivity contribution in [3.63, 3.8) is 0 Å². The molecule has 1 aliphatic heterocycles. The molecule has 0 fully saturated rings. The highest BCUT2D eigenvalue weighted by Crippen LogP contribution is 2.33. The topological polar surface area (TPSA) is 53.9 Å². The minimum Gasteiger partial charge on any atom is -0.324 e. The molecule has 3 aromatic rings. The van der Waals surface area contributed by atoms with E-state index in [-0.39, 0.29) is 11.6 Å². The summed E-state index contributed by atoms with van der Waals surface area (Å²) in [4.78, 5) is 6.27. The Kier molecular flexibility index (Phi) is 3.72. The van der Waals surface area contributed by atoms with Gasteiger partial charge in [-0.2, -0.15) is 10.1 Å². The van der Waals surface area contributed by atoms with Crippen LogP contribution in [0.4, 0.5) is 36.3 Å². The zero-order chi connectivity index (χ0) is 17.4. The van der Waals surface area contributed by atoms with Crippen LogP contribution in [0.1, 0.15) is 5.56 Å². The highest BCUT2D eigenvalue weighted by molar-refractivity contribution is 5.67. The average Bonchev–Trinajstić information content (AvgIpc) is 3.07. The molecule has 0 amide bonds. The fourth-order valence-electron chi connectivity index (χ4n) is 2.80. The van der Waals surface area contributed by atoms with Crippen molar-refractivity contribution in [2.75, 3.05) is 16.8 Å². The standard InChI is InChI=1S/C17H12F3N5/c18-11-5-6-12(16(20)15(11)19)22-17-23-14(9-21-24-17)25-8-7-10-3-1-2-4-13(10)25/h1-6,9H,7-8H2,(H,22,23,24). The minimum absolute atomic E-state index is 0.00760. The Morgan fingerprint density at radius 1 is 1.00 bits per heavy atom. The summed E-state index contributed by atoms with van der Waals surface area (Å²) >= 11 is 0. The number of nitrogens with zero attached hydrogens (tertiary/aromatic N) is 4. The van der Waals surface area contributed by atoms with E-state index in [0.29, 0.717) is 5.82 Å². The first kappa shape index (κ1) is 15.4. The normalized spacial score (nSPS) is 13.0. The smallest absolute Gasteiger partial charge is 0.249 e. The Hall–Kier alpha value is -3.16. The van der Waals surface area contributed by atoms with Crippen LogP contribution in [-0.2, 0) is 6.42 Å². The number of hydrogen-bond acceptors (Lipinski definition) is 5. The number of nitrogens with one attached hydrogen (secondary N) is 1. The van der Waals surface area contributed by atoms with Crippen molar-refractivity contribution >= 4 is 23.1 Å². The van der Waals surface area contributed by atoms with E-state index in [1.807, 2.05) is 29.2 Å². The molecule has 0 unspecified atom stereocenters. The second-order valence-electron chi connectivity index (χ2n) is 5.52. The van der Waals surface area contributed by atoms with Gasteiger partial charge in [0.05, 0.1) is 11.9 Å². The lowest BCUT2D eigenvalue weighted by Crippen LogP contribution is -2.16. The third-order valence-electron chi connectivity index (χ3n) is 3.99. The molecule has 5 nitrogen and oxygen atoms in total. The summed E-state index contributed by atoms with van der Waals surface area (Å²) in [6.45, 7) is 0.733. The fraction of sp³-hybridized carbons (Fsp3) is 0.118. The number of halogens is 3. The molecule has 0 radical (unpaired) electrons. The van der Waals surface area contributed by atoms with Crippen molar-refractivity contribution in [3.8, 4) is 0 Å². The average molecular weight is 343 g/mol. The van der Waals surface area contributed by atoms with Gasteiger partial charge in [0, 0.05) is 12.2 Å². The number of hydrogen-bond donors (Lipinski definition) is 1. The molecule has 126 valence electrons. The molecule has 0 bridgehead atoms. The third kappa shape index (κ3) is 2.75. The lowest BCUT2D eigenvalue weighted by Gasteiger charge is -2.18. The van der Waals surface area contributed by atoms with Gasteiger partial charge in [-0.15, -0.1) is 5.10 Å². The first-order valence-electron chi connectivity index (χ1n) is 7.59. The SMILES string of the molecule is Fc1ccc(Nc2nncc(N3CCc4ccccc43)n2)c(F)c1F. The van der Waals surface area contributed by atoms with Gasteiger partial charge in [-0.1, -0.05) is 18.2 Å². The summed E-state index contributed by atoms with van der Waals surface area (Å²) in [5.74, 6) is -3.62. The number of rotatable bonds is 3. The maximum absolute atomic E-state index is 13.8. The van der Waals surface area contributed by atoms with Gasteiger partial charge in [0.25, 0.3) is 0 Å². The Balaban J connectivity index is 1.64. The van der Waals surface area contributed by atoms with Crippen LogP contribution in [0.3, 0.4) is 0 Å². The van der Waals surface area contributed by atoms with Gasteiger partial charge in [0.15, 0.2) is 23.3 Å². The van der Waals surface area contributed by atoms with Gasteiger partial charge in [-0.25, -0.2) is 13.2 Å². The Bertz CT molecular complexity index is 947. The maximum atomic E-state index is 13.8. The number of aromatic nitrogens is 3. The van der Waals surface area contributed by atoms with Crippen LogP contribution in [0.15, 0.2) is 42.6 Å². The minimum atomic E-state index is -1.55. The van der Waals surface area contributed by atoms with Crippen molar-refractivity contribution in [2.45, 2.75) is 6.42 Å². The van der Waals surface area contributed by atoms with Crippen LogP contribution in [0.25, 0.3) is 0 Å². The van der Waals surface area contributed by atoms with Crippen molar-refractivity contribution in [3.05, 3.63) is 65.6 Å². The second kappa shape index (κ2) is 6.04. The molecular weight excluding hydrogens is 331 g/mol. The molecule has 0 aliphatic carbocycles. The van der Waals surface area contributed by atoms with Crippen LogP contribution >= 0.6 is 0 Å². The monoisotopic (exact) mass is 343 g/mol. The number of para-hydroxylation sites is 1. The summed E-state index contributed by atoms with van der Waals surface area (Å²) in [6, 6.07) is 9.83. The fourth-order valence-corrected chi connectivity index (χ4v) is 2.80. The molecular formula is C17H12F3N5. The van der Waals surface area contributed by atoms with E-state index >= 15 is 0 Å². The zero-order valence-electron chi connectivity index (χ0n) is 12.9. The highest BCUT2D eigenvalue weighted by atomic mass is 19.2. The summed E-state index contributed by atoms with van der Waals surface area (Å²) in [5, 5.41) is 10.2. The number of benzene rings is 2. The predicted molar refractivity (Wildman–Crippen MR) is 86.6 cm³/mol. The molecule has 0 saturated carbocycles. The largest absolute Gasteiger partial charge is 0.324 e. The van der Waals surface area contributed by atoms with E-state index in [1.165, 1.54) is 11.8 Å². The number of fused-ring (bicyclic) bond motifs is 1. The van der Waals surface area contributed by atoms with Gasteiger partial charge in [-0.3, -0.25) is 0 Å². The first-order chi connectivity index (χ1) is 12.1. The van der Waals surface area contributed by atoms with Crippen LogP contribution in [-0.4, -0.2) is 21.7 Å². The molecule has 25 heavy (non-hydrogen) atoms. The van der Waals surface area contributed by atoms with E-state index in [2.05, 4.69) is 20.5 Å². The van der Waals surface area contributed by atoms with Crippen molar-refractivity contribution in [2.24, 2.45) is 0 Å². The molecule has 8 heteroatoms. The van der Waals surface area contributed by atoms with E-state index in [9.17, 15) is 13.2 Å². The molecule has 0 spiro atoms. The molecule has 1 aromatic heterocycles. The van der Waals surface area contributed by atoms with Gasteiger partial charge >= 0.3 is 0 Å². The number of anilines is 4. The first-order valence-corrected chi connectivity index (χ1v) is 7.59. The van der Waals surface area contributed by atoms with Crippen LogP contribution in [0.2, 0.25) is 0 Å². The Morgan fingerprint density at radius 3 is 2.72 bits per heavy atom.